The molecule has 1 N–H and O–H groups in total. The molecule has 0 fully saturated rings. The van der Waals surface area contributed by atoms with Gasteiger partial charge in [0.05, 0.1) is 48.0 Å². The van der Waals surface area contributed by atoms with Crippen molar-refractivity contribution in [1.29, 1.82) is 0 Å². The molecule has 1 aromatic heterocycles. The van der Waals surface area contributed by atoms with Gasteiger partial charge >= 0.3 is 11.9 Å². The number of carbonyl (C=O) groups is 2. The van der Waals surface area contributed by atoms with Gasteiger partial charge in [0.1, 0.15) is 5.82 Å². The van der Waals surface area contributed by atoms with E-state index in [9.17, 15) is 18.8 Å². The molecule has 2 aromatic carbocycles. The summed E-state index contributed by atoms with van der Waals surface area (Å²) in [5.74, 6) is -1.68. The lowest BCUT2D eigenvalue weighted by atomic mass is 10.1. The van der Waals surface area contributed by atoms with Crippen LogP contribution in [0.1, 0.15) is 52.2 Å². The van der Waals surface area contributed by atoms with Crippen molar-refractivity contribution < 1.29 is 23.5 Å². The Bertz CT molecular complexity index is 1240. The first-order valence-corrected chi connectivity index (χ1v) is 10.3. The number of methoxy groups -OCH3 is 2. The van der Waals surface area contributed by atoms with Gasteiger partial charge in [-0.25, -0.2) is 18.7 Å². The molecule has 3 aromatic rings. The summed E-state index contributed by atoms with van der Waals surface area (Å²) in [7, 11) is 2.46. The van der Waals surface area contributed by atoms with Crippen LogP contribution in [-0.2, 0) is 15.9 Å². The lowest BCUT2D eigenvalue weighted by molar-refractivity contribution is 0.0599. The number of benzene rings is 2. The third-order valence-electron chi connectivity index (χ3n) is 4.97. The number of halogens is 1. The quantitative estimate of drug-likeness (QED) is 0.431. The number of aromatic amines is 1. The zero-order chi connectivity index (χ0) is 24.1. The van der Waals surface area contributed by atoms with E-state index in [2.05, 4.69) is 10.1 Å². The number of nitrogens with zero attached hydrogens (tertiary/aromatic N) is 2. The van der Waals surface area contributed by atoms with Gasteiger partial charge in [0.2, 0.25) is 0 Å². The molecule has 0 aliphatic heterocycles. The third kappa shape index (κ3) is 5.08. The van der Waals surface area contributed by atoms with Crippen molar-refractivity contribution in [3.05, 3.63) is 81.0 Å². The predicted octanol–water partition coefficient (Wildman–Crippen LogP) is 3.97. The number of aromatic nitrogens is 2. The first-order chi connectivity index (χ1) is 15.8. The molecule has 1 heterocycles. The van der Waals surface area contributed by atoms with Gasteiger partial charge in [-0.1, -0.05) is 13.3 Å². The maximum atomic E-state index is 13.3. The molecule has 0 spiro atoms. The van der Waals surface area contributed by atoms with Gasteiger partial charge in [-0.15, -0.1) is 0 Å². The number of aryl methyl sites for hydroxylation is 1. The molecular formula is C24H24FN3O5. The summed E-state index contributed by atoms with van der Waals surface area (Å²) in [4.78, 5) is 41.9. The summed E-state index contributed by atoms with van der Waals surface area (Å²) in [6, 6.07) is 9.83. The maximum absolute atomic E-state index is 13.3. The highest BCUT2D eigenvalue weighted by Gasteiger charge is 2.19. The van der Waals surface area contributed by atoms with Gasteiger partial charge < -0.3 is 9.47 Å². The molecule has 3 rings (SSSR count). The minimum atomic E-state index is -0.637. The molecule has 8 nitrogen and oxygen atoms in total. The van der Waals surface area contributed by atoms with Crippen LogP contribution in [0.5, 0.6) is 0 Å². The third-order valence-corrected chi connectivity index (χ3v) is 4.97. The Hall–Kier alpha value is -4.01. The van der Waals surface area contributed by atoms with Crippen LogP contribution < -0.4 is 5.56 Å². The van der Waals surface area contributed by atoms with Crippen LogP contribution >= 0.6 is 0 Å². The Morgan fingerprint density at radius 3 is 2.12 bits per heavy atom. The van der Waals surface area contributed by atoms with E-state index in [1.807, 2.05) is 6.92 Å². The van der Waals surface area contributed by atoms with Crippen LogP contribution in [0.25, 0.3) is 5.69 Å². The van der Waals surface area contributed by atoms with E-state index in [-0.39, 0.29) is 22.4 Å². The smallest absolute Gasteiger partial charge is 0.337 e. The number of hydrogen-bond donors (Lipinski definition) is 1. The molecule has 0 aliphatic rings. The van der Waals surface area contributed by atoms with Crippen molar-refractivity contribution in [3.63, 3.8) is 0 Å². The Labute approximate surface area is 189 Å². The normalized spacial score (nSPS) is 11.4. The molecule has 0 atom stereocenters. The molecular weight excluding hydrogens is 429 g/mol. The highest BCUT2D eigenvalue weighted by molar-refractivity contribution is 6.02. The number of ether oxygens (including phenoxy) is 2. The van der Waals surface area contributed by atoms with E-state index >= 15 is 0 Å². The largest absolute Gasteiger partial charge is 0.465 e. The van der Waals surface area contributed by atoms with Crippen molar-refractivity contribution in [2.45, 2.75) is 26.7 Å². The first kappa shape index (κ1) is 23.6. The van der Waals surface area contributed by atoms with Crippen LogP contribution in [0.3, 0.4) is 0 Å². The number of H-pyrrole nitrogens is 1. The summed E-state index contributed by atoms with van der Waals surface area (Å²) in [6.45, 7) is 3.65. The maximum Gasteiger partial charge on any atom is 0.337 e. The van der Waals surface area contributed by atoms with Gasteiger partial charge in [-0.3, -0.25) is 14.9 Å². The van der Waals surface area contributed by atoms with Crippen molar-refractivity contribution >= 4 is 23.3 Å². The number of aliphatic imine (C=N–C) groups is 1. The van der Waals surface area contributed by atoms with Gasteiger partial charge in [0, 0.05) is 5.69 Å². The Morgan fingerprint density at radius 2 is 1.61 bits per heavy atom. The first-order valence-electron chi connectivity index (χ1n) is 10.3. The Kier molecular flexibility index (Phi) is 7.22. The summed E-state index contributed by atoms with van der Waals surface area (Å²) >= 11 is 0. The fourth-order valence-corrected chi connectivity index (χ4v) is 3.46. The second-order valence-electron chi connectivity index (χ2n) is 7.28. The zero-order valence-electron chi connectivity index (χ0n) is 18.8. The number of rotatable bonds is 7. The van der Waals surface area contributed by atoms with Crippen LogP contribution in [-0.4, -0.2) is 41.7 Å². The highest BCUT2D eigenvalue weighted by Crippen LogP contribution is 2.21. The summed E-state index contributed by atoms with van der Waals surface area (Å²) in [5, 5.41) is 3.08. The van der Waals surface area contributed by atoms with Crippen molar-refractivity contribution in [3.8, 4) is 5.69 Å². The molecule has 0 saturated carbocycles. The molecule has 33 heavy (non-hydrogen) atoms. The van der Waals surface area contributed by atoms with Crippen LogP contribution in [0, 0.1) is 5.82 Å². The molecule has 172 valence electrons. The minimum Gasteiger partial charge on any atom is -0.465 e. The molecule has 0 unspecified atom stereocenters. The molecule has 0 saturated heterocycles. The number of hydrogen-bond acceptors (Lipinski definition) is 6. The zero-order valence-corrected chi connectivity index (χ0v) is 18.8. The molecule has 0 radical (unpaired) electrons. The fourth-order valence-electron chi connectivity index (χ4n) is 3.46. The summed E-state index contributed by atoms with van der Waals surface area (Å²) in [5.41, 5.74) is 2.10. The second-order valence-corrected chi connectivity index (χ2v) is 7.28. The summed E-state index contributed by atoms with van der Waals surface area (Å²) < 4.78 is 24.2. The van der Waals surface area contributed by atoms with Crippen molar-refractivity contribution in [1.82, 2.24) is 9.78 Å². The van der Waals surface area contributed by atoms with Gasteiger partial charge in [0.25, 0.3) is 5.56 Å². The van der Waals surface area contributed by atoms with Gasteiger partial charge in [-0.2, -0.15) is 0 Å². The summed E-state index contributed by atoms with van der Waals surface area (Å²) in [6.07, 6.45) is 1.36. The molecule has 0 aliphatic carbocycles. The number of esters is 2. The average molecular weight is 453 g/mol. The highest BCUT2D eigenvalue weighted by atomic mass is 19.1. The predicted molar refractivity (Wildman–Crippen MR) is 121 cm³/mol. The second kappa shape index (κ2) is 10.1. The molecule has 0 bridgehead atoms. The van der Waals surface area contributed by atoms with Crippen LogP contribution in [0.2, 0.25) is 0 Å². The van der Waals surface area contributed by atoms with E-state index in [0.29, 0.717) is 29.1 Å². The lowest BCUT2D eigenvalue weighted by Crippen LogP contribution is -2.19. The average Bonchev–Trinajstić information content (AvgIpc) is 3.14. The lowest BCUT2D eigenvalue weighted by Gasteiger charge is -2.06. The van der Waals surface area contributed by atoms with E-state index in [1.54, 1.807) is 6.92 Å². The van der Waals surface area contributed by atoms with Crippen molar-refractivity contribution in [2.24, 2.45) is 4.99 Å². The number of carbonyl (C=O) groups excluding carboxylic acids is 2. The SMILES string of the molecule is CCCc1[nH]n(-c2ccc(F)cc2)c(=O)c1C(C)=Nc1cc(C(=O)OC)cc(C(=O)OC)c1. The van der Waals surface area contributed by atoms with Crippen LogP contribution in [0.4, 0.5) is 10.1 Å². The van der Waals surface area contributed by atoms with Gasteiger partial charge in [0.15, 0.2) is 0 Å². The fraction of sp³-hybridized carbons (Fsp3) is 0.250. The van der Waals surface area contributed by atoms with E-state index in [1.165, 1.54) is 61.4 Å². The number of nitrogens with one attached hydrogen (secondary N) is 1. The topological polar surface area (TPSA) is 103 Å². The monoisotopic (exact) mass is 453 g/mol. The van der Waals surface area contributed by atoms with E-state index in [0.717, 1.165) is 6.42 Å². The van der Waals surface area contributed by atoms with Crippen LogP contribution in [0.15, 0.2) is 52.3 Å². The Morgan fingerprint density at radius 1 is 1.03 bits per heavy atom. The molecule has 9 heteroatoms. The molecule has 0 amide bonds. The standard InChI is InChI=1S/C24H24FN3O5/c1-5-6-20-21(22(29)28(27-20)19-9-7-17(25)8-10-19)14(2)26-18-12-15(23(30)32-3)11-16(13-18)24(31)33-4/h7-13,27H,5-6H2,1-4H3. The van der Waals surface area contributed by atoms with Crippen molar-refractivity contribution in [2.75, 3.05) is 14.2 Å². The van der Waals surface area contributed by atoms with Gasteiger partial charge in [-0.05, 0) is 55.8 Å². The Balaban J connectivity index is 2.14. The van der Waals surface area contributed by atoms with E-state index in [4.69, 9.17) is 9.47 Å². The minimum absolute atomic E-state index is 0.124. The van der Waals surface area contributed by atoms with E-state index < -0.39 is 17.8 Å².